The molecule has 2 bridgehead atoms. The van der Waals surface area contributed by atoms with E-state index >= 15 is 0 Å². The SMILES string of the molecule is NCc1ccc(C2=CC3CCCC(C2)N3C(=O)OCC2c3ccccc3-c3ccccc32)cc1. The number of rotatable bonds is 4. The highest BCUT2D eigenvalue weighted by Crippen LogP contribution is 2.45. The average molecular weight is 451 g/mol. The summed E-state index contributed by atoms with van der Waals surface area (Å²) in [4.78, 5) is 15.4. The van der Waals surface area contributed by atoms with Gasteiger partial charge in [-0.05, 0) is 64.6 Å². The fourth-order valence-corrected chi connectivity index (χ4v) is 6.05. The lowest BCUT2D eigenvalue weighted by Crippen LogP contribution is -2.51. The van der Waals surface area contributed by atoms with Gasteiger partial charge in [-0.15, -0.1) is 0 Å². The number of carbonyl (C=O) groups is 1. The van der Waals surface area contributed by atoms with Gasteiger partial charge >= 0.3 is 6.09 Å². The van der Waals surface area contributed by atoms with Gasteiger partial charge in [-0.3, -0.25) is 4.90 Å². The average Bonchev–Trinajstić information content (AvgIpc) is 3.20. The molecule has 2 aliphatic heterocycles. The molecular formula is C30H30N2O2. The van der Waals surface area contributed by atoms with Gasteiger partial charge in [0.05, 0.1) is 6.04 Å². The zero-order valence-corrected chi connectivity index (χ0v) is 19.3. The van der Waals surface area contributed by atoms with E-state index in [1.54, 1.807) is 0 Å². The van der Waals surface area contributed by atoms with Gasteiger partial charge in [-0.1, -0.05) is 78.9 Å². The van der Waals surface area contributed by atoms with Crippen LogP contribution in [0.1, 0.15) is 53.9 Å². The maximum absolute atomic E-state index is 13.4. The summed E-state index contributed by atoms with van der Waals surface area (Å²) in [5.41, 5.74) is 14.5. The highest BCUT2D eigenvalue weighted by Gasteiger charge is 2.39. The zero-order chi connectivity index (χ0) is 23.1. The van der Waals surface area contributed by atoms with Crippen molar-refractivity contribution in [2.45, 2.75) is 50.2 Å². The van der Waals surface area contributed by atoms with Crippen LogP contribution in [0.2, 0.25) is 0 Å². The Balaban J connectivity index is 1.20. The third kappa shape index (κ3) is 3.63. The minimum Gasteiger partial charge on any atom is -0.448 e. The number of benzene rings is 3. The first-order chi connectivity index (χ1) is 16.7. The summed E-state index contributed by atoms with van der Waals surface area (Å²) in [6, 6.07) is 25.8. The number of amides is 1. The first-order valence-electron chi connectivity index (χ1n) is 12.4. The Morgan fingerprint density at radius 2 is 1.59 bits per heavy atom. The van der Waals surface area contributed by atoms with Crippen molar-refractivity contribution in [1.29, 1.82) is 0 Å². The molecule has 6 rings (SSSR count). The second-order valence-corrected chi connectivity index (χ2v) is 9.66. The summed E-state index contributed by atoms with van der Waals surface area (Å²) in [6.45, 7) is 0.931. The third-order valence-electron chi connectivity index (χ3n) is 7.74. The predicted molar refractivity (Wildman–Crippen MR) is 135 cm³/mol. The molecule has 2 unspecified atom stereocenters. The van der Waals surface area contributed by atoms with E-state index in [0.29, 0.717) is 13.2 Å². The smallest absolute Gasteiger partial charge is 0.410 e. The molecule has 1 fully saturated rings. The van der Waals surface area contributed by atoms with Gasteiger partial charge in [-0.25, -0.2) is 4.79 Å². The van der Waals surface area contributed by atoms with E-state index in [-0.39, 0.29) is 24.1 Å². The molecule has 2 atom stereocenters. The van der Waals surface area contributed by atoms with Crippen LogP contribution in [0, 0.1) is 0 Å². The molecule has 2 N–H and O–H groups in total. The number of fused-ring (bicyclic) bond motifs is 5. The van der Waals surface area contributed by atoms with Crippen molar-refractivity contribution in [2.24, 2.45) is 5.73 Å². The fourth-order valence-electron chi connectivity index (χ4n) is 6.05. The molecule has 1 saturated heterocycles. The van der Waals surface area contributed by atoms with Gasteiger partial charge in [0.2, 0.25) is 0 Å². The summed E-state index contributed by atoms with van der Waals surface area (Å²) in [5.74, 6) is 0.0909. The quantitative estimate of drug-likeness (QED) is 0.522. The summed E-state index contributed by atoms with van der Waals surface area (Å²) >= 11 is 0. The van der Waals surface area contributed by atoms with Crippen molar-refractivity contribution in [2.75, 3.05) is 6.61 Å². The lowest BCUT2D eigenvalue weighted by atomic mass is 9.83. The van der Waals surface area contributed by atoms with E-state index in [1.807, 2.05) is 4.90 Å². The number of carbonyl (C=O) groups excluding carboxylic acids is 1. The van der Waals surface area contributed by atoms with Crippen molar-refractivity contribution >= 4 is 11.7 Å². The lowest BCUT2D eigenvalue weighted by Gasteiger charge is -2.44. The number of nitrogens with two attached hydrogens (primary N) is 1. The largest absolute Gasteiger partial charge is 0.448 e. The van der Waals surface area contributed by atoms with Crippen LogP contribution in [0.5, 0.6) is 0 Å². The summed E-state index contributed by atoms with van der Waals surface area (Å²) in [5, 5.41) is 0. The van der Waals surface area contributed by atoms with E-state index in [0.717, 1.165) is 31.2 Å². The van der Waals surface area contributed by atoms with Crippen LogP contribution in [-0.4, -0.2) is 29.7 Å². The van der Waals surface area contributed by atoms with E-state index in [2.05, 4.69) is 78.9 Å². The Kier molecular flexibility index (Phi) is 5.46. The third-order valence-corrected chi connectivity index (χ3v) is 7.74. The first-order valence-corrected chi connectivity index (χ1v) is 12.4. The molecule has 34 heavy (non-hydrogen) atoms. The highest BCUT2D eigenvalue weighted by molar-refractivity contribution is 5.79. The molecule has 4 heteroatoms. The monoisotopic (exact) mass is 450 g/mol. The second-order valence-electron chi connectivity index (χ2n) is 9.66. The van der Waals surface area contributed by atoms with Gasteiger partial charge < -0.3 is 10.5 Å². The molecule has 172 valence electrons. The van der Waals surface area contributed by atoms with Crippen molar-refractivity contribution in [3.8, 4) is 11.1 Å². The minimum absolute atomic E-state index is 0.0909. The minimum atomic E-state index is -0.176. The number of piperidine rings is 1. The van der Waals surface area contributed by atoms with Crippen LogP contribution in [-0.2, 0) is 11.3 Å². The molecule has 2 heterocycles. The van der Waals surface area contributed by atoms with Crippen LogP contribution >= 0.6 is 0 Å². The van der Waals surface area contributed by atoms with Gasteiger partial charge in [0.25, 0.3) is 0 Å². The number of nitrogens with zero attached hydrogens (tertiary/aromatic N) is 1. The van der Waals surface area contributed by atoms with Crippen molar-refractivity contribution in [1.82, 2.24) is 4.90 Å². The summed E-state index contributed by atoms with van der Waals surface area (Å²) in [7, 11) is 0. The van der Waals surface area contributed by atoms with Crippen LogP contribution in [0.4, 0.5) is 4.79 Å². The number of hydrogen-bond donors (Lipinski definition) is 1. The molecule has 1 amide bonds. The van der Waals surface area contributed by atoms with Crippen LogP contribution in [0.15, 0.2) is 78.9 Å². The Hall–Kier alpha value is -3.37. The maximum atomic E-state index is 13.4. The molecule has 3 aromatic carbocycles. The standard InChI is InChI=1S/C30H30N2O2/c31-18-20-12-14-21(15-13-20)22-16-23-6-5-7-24(17-22)32(23)30(33)34-19-29-27-10-3-1-8-25(27)26-9-2-4-11-28(26)29/h1-4,8-16,23-24,29H,5-7,17-19,31H2. The molecule has 0 saturated carbocycles. The normalized spacial score (nSPS) is 21.0. The van der Waals surface area contributed by atoms with Crippen LogP contribution < -0.4 is 5.73 Å². The predicted octanol–water partition coefficient (Wildman–Crippen LogP) is 6.10. The molecule has 0 spiro atoms. The fraction of sp³-hybridized carbons (Fsp3) is 0.300. The second kappa shape index (κ2) is 8.77. The van der Waals surface area contributed by atoms with Gasteiger partial charge in [0.1, 0.15) is 6.61 Å². The van der Waals surface area contributed by atoms with Crippen LogP contribution in [0.25, 0.3) is 16.7 Å². The molecule has 4 nitrogen and oxygen atoms in total. The first kappa shape index (κ1) is 21.2. The van der Waals surface area contributed by atoms with Gasteiger partial charge in [0, 0.05) is 18.5 Å². The number of hydrogen-bond acceptors (Lipinski definition) is 3. The molecule has 3 aromatic rings. The number of ether oxygens (including phenoxy) is 1. The van der Waals surface area contributed by atoms with Crippen molar-refractivity contribution in [3.05, 3.63) is 101 Å². The Labute approximate surface area is 201 Å². The Bertz CT molecular complexity index is 1200. The Morgan fingerprint density at radius 3 is 2.24 bits per heavy atom. The van der Waals surface area contributed by atoms with E-state index in [1.165, 1.54) is 33.4 Å². The van der Waals surface area contributed by atoms with E-state index in [4.69, 9.17) is 10.5 Å². The van der Waals surface area contributed by atoms with E-state index in [9.17, 15) is 4.79 Å². The van der Waals surface area contributed by atoms with E-state index < -0.39 is 0 Å². The molecule has 1 aliphatic carbocycles. The van der Waals surface area contributed by atoms with Gasteiger partial charge in [-0.2, -0.15) is 0 Å². The molecular weight excluding hydrogens is 420 g/mol. The van der Waals surface area contributed by atoms with Crippen molar-refractivity contribution in [3.63, 3.8) is 0 Å². The lowest BCUT2D eigenvalue weighted by molar-refractivity contribution is 0.0539. The Morgan fingerprint density at radius 1 is 0.912 bits per heavy atom. The topological polar surface area (TPSA) is 55.6 Å². The molecule has 0 radical (unpaired) electrons. The zero-order valence-electron chi connectivity index (χ0n) is 19.3. The summed E-state index contributed by atoms with van der Waals surface area (Å²) in [6.07, 6.45) is 6.16. The maximum Gasteiger partial charge on any atom is 0.410 e. The van der Waals surface area contributed by atoms with Gasteiger partial charge in [0.15, 0.2) is 0 Å². The highest BCUT2D eigenvalue weighted by atomic mass is 16.6. The summed E-state index contributed by atoms with van der Waals surface area (Å²) < 4.78 is 6.03. The van der Waals surface area contributed by atoms with Crippen molar-refractivity contribution < 1.29 is 9.53 Å². The van der Waals surface area contributed by atoms with Crippen LogP contribution in [0.3, 0.4) is 0 Å². The molecule has 0 aromatic heterocycles. The molecule has 3 aliphatic rings.